The van der Waals surface area contributed by atoms with Crippen molar-refractivity contribution in [2.75, 3.05) is 0 Å². The minimum atomic E-state index is 0.101. The van der Waals surface area contributed by atoms with Gasteiger partial charge in [0.1, 0.15) is 0 Å². The molecule has 1 aliphatic rings. The number of aliphatic hydroxyl groups is 2. The van der Waals surface area contributed by atoms with E-state index in [1.165, 1.54) is 22.3 Å². The summed E-state index contributed by atoms with van der Waals surface area (Å²) in [6.45, 7) is 0.202. The Bertz CT molecular complexity index is 534. The summed E-state index contributed by atoms with van der Waals surface area (Å²) in [7, 11) is 0. The Morgan fingerprint density at radius 1 is 0.722 bits per heavy atom. The molecule has 0 heterocycles. The molecule has 0 amide bonds. The Balaban J connectivity index is 2.11. The number of hydrogen-bond acceptors (Lipinski definition) is 2. The van der Waals surface area contributed by atoms with Crippen molar-refractivity contribution in [3.8, 4) is 11.1 Å². The number of aliphatic hydroxyl groups excluding tert-OH is 2. The van der Waals surface area contributed by atoms with Crippen LogP contribution in [0.5, 0.6) is 0 Å². The van der Waals surface area contributed by atoms with Crippen LogP contribution in [0, 0.1) is 0 Å². The van der Waals surface area contributed by atoms with E-state index in [2.05, 4.69) is 24.3 Å². The molecule has 0 aliphatic heterocycles. The standard InChI is InChI=1S/C16H16O2/c17-9-11-1-5-15-13(7-11)3-4-14-8-12(10-18)2-6-16(14)15/h1-2,5-8,17-18H,3-4,9-10H2. The normalized spacial score (nSPS) is 13.0. The van der Waals surface area contributed by atoms with Gasteiger partial charge in [-0.15, -0.1) is 0 Å². The molecule has 0 bridgehead atoms. The fourth-order valence-corrected chi connectivity index (χ4v) is 2.70. The Hall–Kier alpha value is -1.64. The van der Waals surface area contributed by atoms with E-state index in [0.29, 0.717) is 0 Å². The van der Waals surface area contributed by atoms with E-state index in [1.807, 2.05) is 12.1 Å². The number of fused-ring (bicyclic) bond motifs is 3. The minimum absolute atomic E-state index is 0.101. The van der Waals surface area contributed by atoms with Crippen LogP contribution < -0.4 is 0 Å². The number of rotatable bonds is 2. The van der Waals surface area contributed by atoms with Gasteiger partial charge in [0.15, 0.2) is 0 Å². The molecule has 1 aliphatic carbocycles. The average molecular weight is 240 g/mol. The van der Waals surface area contributed by atoms with E-state index < -0.39 is 0 Å². The fraction of sp³-hybridized carbons (Fsp3) is 0.250. The molecule has 0 saturated heterocycles. The van der Waals surface area contributed by atoms with E-state index in [-0.39, 0.29) is 13.2 Å². The van der Waals surface area contributed by atoms with Gasteiger partial charge in [-0.25, -0.2) is 0 Å². The largest absolute Gasteiger partial charge is 0.392 e. The summed E-state index contributed by atoms with van der Waals surface area (Å²) in [4.78, 5) is 0. The van der Waals surface area contributed by atoms with Gasteiger partial charge in [0.2, 0.25) is 0 Å². The van der Waals surface area contributed by atoms with Gasteiger partial charge in [-0.1, -0.05) is 36.4 Å². The van der Waals surface area contributed by atoms with Crippen molar-refractivity contribution < 1.29 is 10.2 Å². The third-order valence-electron chi connectivity index (χ3n) is 3.66. The average Bonchev–Trinajstić information content (AvgIpc) is 2.45. The molecule has 2 N–H and O–H groups in total. The van der Waals surface area contributed by atoms with Crippen LogP contribution in [0.2, 0.25) is 0 Å². The second kappa shape index (κ2) is 4.56. The second-order valence-electron chi connectivity index (χ2n) is 4.80. The highest BCUT2D eigenvalue weighted by molar-refractivity contribution is 5.73. The van der Waals surface area contributed by atoms with Crippen molar-refractivity contribution in [2.24, 2.45) is 0 Å². The van der Waals surface area contributed by atoms with Gasteiger partial charge in [0.05, 0.1) is 13.2 Å². The van der Waals surface area contributed by atoms with Gasteiger partial charge < -0.3 is 10.2 Å². The van der Waals surface area contributed by atoms with Gasteiger partial charge in [-0.3, -0.25) is 0 Å². The number of benzene rings is 2. The van der Waals surface area contributed by atoms with Gasteiger partial charge in [0, 0.05) is 0 Å². The highest BCUT2D eigenvalue weighted by Gasteiger charge is 2.16. The zero-order chi connectivity index (χ0) is 12.5. The van der Waals surface area contributed by atoms with Crippen LogP contribution in [0.15, 0.2) is 36.4 Å². The molecule has 3 rings (SSSR count). The number of aryl methyl sites for hydroxylation is 2. The fourth-order valence-electron chi connectivity index (χ4n) is 2.70. The molecular formula is C16H16O2. The van der Waals surface area contributed by atoms with E-state index in [9.17, 15) is 10.2 Å². The van der Waals surface area contributed by atoms with Crippen molar-refractivity contribution in [3.63, 3.8) is 0 Å². The lowest BCUT2D eigenvalue weighted by Crippen LogP contribution is -2.05. The van der Waals surface area contributed by atoms with Crippen LogP contribution in [0.1, 0.15) is 22.3 Å². The lowest BCUT2D eigenvalue weighted by molar-refractivity contribution is 0.281. The quantitative estimate of drug-likeness (QED) is 0.846. The van der Waals surface area contributed by atoms with Crippen molar-refractivity contribution >= 4 is 0 Å². The maximum atomic E-state index is 9.17. The summed E-state index contributed by atoms with van der Waals surface area (Å²) >= 11 is 0. The minimum Gasteiger partial charge on any atom is -0.392 e. The molecule has 2 heteroatoms. The van der Waals surface area contributed by atoms with E-state index in [1.54, 1.807) is 0 Å². The topological polar surface area (TPSA) is 40.5 Å². The summed E-state index contributed by atoms with van der Waals surface area (Å²) in [5, 5.41) is 18.3. The van der Waals surface area contributed by atoms with E-state index >= 15 is 0 Å². The molecule has 2 aromatic rings. The van der Waals surface area contributed by atoms with Crippen LogP contribution in [0.4, 0.5) is 0 Å². The second-order valence-corrected chi connectivity index (χ2v) is 4.80. The molecule has 0 atom stereocenters. The predicted molar refractivity (Wildman–Crippen MR) is 71.1 cm³/mol. The van der Waals surface area contributed by atoms with Crippen molar-refractivity contribution in [2.45, 2.75) is 26.1 Å². The van der Waals surface area contributed by atoms with Gasteiger partial charge >= 0.3 is 0 Å². The molecular weight excluding hydrogens is 224 g/mol. The molecule has 0 aromatic heterocycles. The molecule has 92 valence electrons. The Morgan fingerprint density at radius 2 is 1.17 bits per heavy atom. The first-order chi connectivity index (χ1) is 8.81. The highest BCUT2D eigenvalue weighted by atomic mass is 16.3. The van der Waals surface area contributed by atoms with Crippen LogP contribution in [-0.2, 0) is 26.1 Å². The van der Waals surface area contributed by atoms with Crippen molar-refractivity contribution in [1.29, 1.82) is 0 Å². The van der Waals surface area contributed by atoms with Gasteiger partial charge in [0.25, 0.3) is 0 Å². The molecule has 2 nitrogen and oxygen atoms in total. The zero-order valence-electron chi connectivity index (χ0n) is 10.2. The van der Waals surface area contributed by atoms with E-state index in [0.717, 1.165) is 24.0 Å². The smallest absolute Gasteiger partial charge is 0.0681 e. The van der Waals surface area contributed by atoms with E-state index in [4.69, 9.17) is 0 Å². The Labute approximate surface area is 107 Å². The lowest BCUT2D eigenvalue weighted by atomic mass is 9.84. The molecule has 0 radical (unpaired) electrons. The van der Waals surface area contributed by atoms with Crippen LogP contribution in [-0.4, -0.2) is 10.2 Å². The Kier molecular flexibility index (Phi) is 2.90. The summed E-state index contributed by atoms with van der Waals surface area (Å²) in [5.74, 6) is 0. The predicted octanol–water partition coefficient (Wildman–Crippen LogP) is 2.44. The summed E-state index contributed by atoms with van der Waals surface area (Å²) in [5.41, 5.74) is 7.10. The molecule has 0 saturated carbocycles. The highest BCUT2D eigenvalue weighted by Crippen LogP contribution is 2.34. The van der Waals surface area contributed by atoms with Gasteiger partial charge in [-0.05, 0) is 46.2 Å². The zero-order valence-corrected chi connectivity index (χ0v) is 10.2. The SMILES string of the molecule is OCc1ccc2c(c1)CCc1cc(CO)ccc1-2. The van der Waals surface area contributed by atoms with Gasteiger partial charge in [-0.2, -0.15) is 0 Å². The lowest BCUT2D eigenvalue weighted by Gasteiger charge is -2.21. The first-order valence-electron chi connectivity index (χ1n) is 6.27. The number of hydrogen-bond donors (Lipinski definition) is 2. The maximum absolute atomic E-state index is 9.17. The molecule has 0 fully saturated rings. The van der Waals surface area contributed by atoms with Crippen molar-refractivity contribution in [1.82, 2.24) is 0 Å². The maximum Gasteiger partial charge on any atom is 0.0681 e. The first kappa shape index (κ1) is 11.5. The first-order valence-corrected chi connectivity index (χ1v) is 6.27. The Morgan fingerprint density at radius 3 is 1.56 bits per heavy atom. The third-order valence-corrected chi connectivity index (χ3v) is 3.66. The molecule has 2 aromatic carbocycles. The summed E-state index contributed by atoms with van der Waals surface area (Å²) < 4.78 is 0. The molecule has 0 spiro atoms. The summed E-state index contributed by atoms with van der Waals surface area (Å²) in [6.07, 6.45) is 2.01. The van der Waals surface area contributed by atoms with Crippen LogP contribution >= 0.6 is 0 Å². The summed E-state index contributed by atoms with van der Waals surface area (Å²) in [6, 6.07) is 12.3. The van der Waals surface area contributed by atoms with Crippen molar-refractivity contribution in [3.05, 3.63) is 58.7 Å². The monoisotopic (exact) mass is 240 g/mol. The van der Waals surface area contributed by atoms with Crippen LogP contribution in [0.3, 0.4) is 0 Å². The van der Waals surface area contributed by atoms with Crippen LogP contribution in [0.25, 0.3) is 11.1 Å². The molecule has 18 heavy (non-hydrogen) atoms. The third kappa shape index (κ3) is 1.84. The molecule has 0 unspecified atom stereocenters.